The van der Waals surface area contributed by atoms with E-state index in [0.29, 0.717) is 6.07 Å². The van der Waals surface area contributed by atoms with Crippen molar-refractivity contribution in [3.05, 3.63) is 53.3 Å². The van der Waals surface area contributed by atoms with Crippen LogP contribution in [0.4, 0.5) is 19.1 Å². The predicted octanol–water partition coefficient (Wildman–Crippen LogP) is 2.90. The highest BCUT2D eigenvalue weighted by Gasteiger charge is 2.17. The summed E-state index contributed by atoms with van der Waals surface area (Å²) in [6.07, 6.45) is 0. The minimum absolute atomic E-state index is 0.0225. The number of nitrogens with two attached hydrogens (primary N) is 1. The zero-order valence-corrected chi connectivity index (χ0v) is 10.4. The summed E-state index contributed by atoms with van der Waals surface area (Å²) in [6.45, 7) is 0. The standard InChI is InChI=1S/C14H7F3N4/c15-8-1-2-11(7(3-8)6-18)21-12-5-9(16)4-10(17)13(12)20-14(21)19/h1-5H,(H2,19,20). The lowest BCUT2D eigenvalue weighted by atomic mass is 10.2. The number of aromatic nitrogens is 2. The molecule has 0 amide bonds. The molecule has 3 aromatic rings. The van der Waals surface area contributed by atoms with Gasteiger partial charge in [-0.05, 0) is 18.2 Å². The van der Waals surface area contributed by atoms with Gasteiger partial charge in [0.25, 0.3) is 0 Å². The van der Waals surface area contributed by atoms with Gasteiger partial charge in [-0.2, -0.15) is 5.26 Å². The number of hydrogen-bond donors (Lipinski definition) is 1. The molecule has 2 aromatic carbocycles. The van der Waals surface area contributed by atoms with Gasteiger partial charge in [0.05, 0.1) is 16.8 Å². The Kier molecular flexibility index (Phi) is 2.80. The summed E-state index contributed by atoms with van der Waals surface area (Å²) >= 11 is 0. The van der Waals surface area contributed by atoms with E-state index in [0.717, 1.165) is 18.2 Å². The second-order valence-corrected chi connectivity index (χ2v) is 4.33. The molecule has 1 aromatic heterocycles. The minimum Gasteiger partial charge on any atom is -0.369 e. The molecular formula is C14H7F3N4. The number of rotatable bonds is 1. The lowest BCUT2D eigenvalue weighted by Crippen LogP contribution is -2.03. The van der Waals surface area contributed by atoms with Gasteiger partial charge in [0, 0.05) is 12.1 Å². The molecule has 0 saturated heterocycles. The second kappa shape index (κ2) is 4.52. The minimum atomic E-state index is -0.865. The molecule has 1 heterocycles. The van der Waals surface area contributed by atoms with E-state index in [9.17, 15) is 13.2 Å². The average Bonchev–Trinajstić information content (AvgIpc) is 2.75. The number of fused-ring (bicyclic) bond motifs is 1. The molecule has 4 nitrogen and oxygen atoms in total. The summed E-state index contributed by atoms with van der Waals surface area (Å²) in [5, 5.41) is 9.07. The van der Waals surface area contributed by atoms with Crippen molar-refractivity contribution in [2.75, 3.05) is 5.73 Å². The van der Waals surface area contributed by atoms with Crippen molar-refractivity contribution in [1.29, 1.82) is 5.26 Å². The Bertz CT molecular complexity index is 909. The highest BCUT2D eigenvalue weighted by Crippen LogP contribution is 2.27. The van der Waals surface area contributed by atoms with Crippen LogP contribution in [0.5, 0.6) is 0 Å². The first-order chi connectivity index (χ1) is 10.0. The third-order valence-electron chi connectivity index (χ3n) is 3.02. The number of benzene rings is 2. The second-order valence-electron chi connectivity index (χ2n) is 4.33. The lowest BCUT2D eigenvalue weighted by Gasteiger charge is -2.08. The normalized spacial score (nSPS) is 10.8. The van der Waals surface area contributed by atoms with Gasteiger partial charge in [0.2, 0.25) is 5.95 Å². The smallest absolute Gasteiger partial charge is 0.206 e. The molecule has 0 atom stereocenters. The van der Waals surface area contributed by atoms with Crippen LogP contribution in [0.15, 0.2) is 30.3 Å². The molecule has 0 saturated carbocycles. The number of nitriles is 1. The highest BCUT2D eigenvalue weighted by atomic mass is 19.1. The molecule has 104 valence electrons. The van der Waals surface area contributed by atoms with E-state index in [1.807, 2.05) is 6.07 Å². The Morgan fingerprint density at radius 1 is 1.10 bits per heavy atom. The first kappa shape index (κ1) is 13.0. The van der Waals surface area contributed by atoms with Crippen LogP contribution in [-0.2, 0) is 0 Å². The van der Waals surface area contributed by atoms with Gasteiger partial charge in [-0.1, -0.05) is 0 Å². The molecule has 2 N–H and O–H groups in total. The van der Waals surface area contributed by atoms with Gasteiger partial charge in [-0.25, -0.2) is 18.2 Å². The van der Waals surface area contributed by atoms with Gasteiger partial charge in [0.15, 0.2) is 5.82 Å². The van der Waals surface area contributed by atoms with Crippen LogP contribution in [0.3, 0.4) is 0 Å². The van der Waals surface area contributed by atoms with Gasteiger partial charge >= 0.3 is 0 Å². The molecule has 21 heavy (non-hydrogen) atoms. The van der Waals surface area contributed by atoms with Gasteiger partial charge in [0.1, 0.15) is 23.2 Å². The van der Waals surface area contributed by atoms with Gasteiger partial charge < -0.3 is 5.73 Å². The van der Waals surface area contributed by atoms with Crippen LogP contribution in [0.25, 0.3) is 16.7 Å². The van der Waals surface area contributed by atoms with Crippen LogP contribution < -0.4 is 5.73 Å². The maximum absolute atomic E-state index is 13.7. The predicted molar refractivity (Wildman–Crippen MR) is 70.1 cm³/mol. The number of halogens is 3. The summed E-state index contributed by atoms with van der Waals surface area (Å²) in [4.78, 5) is 3.82. The fraction of sp³-hybridized carbons (Fsp3) is 0. The van der Waals surface area contributed by atoms with E-state index in [2.05, 4.69) is 4.98 Å². The monoisotopic (exact) mass is 288 g/mol. The molecule has 0 aliphatic carbocycles. The first-order valence-electron chi connectivity index (χ1n) is 5.84. The SMILES string of the molecule is N#Cc1cc(F)ccc1-n1c(N)nc2c(F)cc(F)cc21. The molecule has 0 unspecified atom stereocenters. The Labute approximate surface area is 116 Å². The molecule has 0 fully saturated rings. The van der Waals surface area contributed by atoms with Gasteiger partial charge in [-0.15, -0.1) is 0 Å². The zero-order chi connectivity index (χ0) is 15.1. The first-order valence-corrected chi connectivity index (χ1v) is 5.84. The van der Waals surface area contributed by atoms with Crippen LogP contribution in [0.1, 0.15) is 5.56 Å². The molecule has 0 radical (unpaired) electrons. The summed E-state index contributed by atoms with van der Waals surface area (Å²) in [6, 6.07) is 6.98. The Morgan fingerprint density at radius 2 is 1.86 bits per heavy atom. The Balaban J connectivity index is 2.41. The van der Waals surface area contributed by atoms with E-state index >= 15 is 0 Å². The van der Waals surface area contributed by atoms with Crippen molar-refractivity contribution in [2.45, 2.75) is 0 Å². The number of nitrogen functional groups attached to an aromatic ring is 1. The zero-order valence-electron chi connectivity index (χ0n) is 10.4. The van der Waals surface area contributed by atoms with Crippen molar-refractivity contribution in [3.8, 4) is 11.8 Å². The topological polar surface area (TPSA) is 67.6 Å². The molecule has 0 aliphatic heterocycles. The fourth-order valence-electron chi connectivity index (χ4n) is 2.17. The highest BCUT2D eigenvalue weighted by molar-refractivity contribution is 5.82. The Morgan fingerprint density at radius 3 is 2.57 bits per heavy atom. The summed E-state index contributed by atoms with van der Waals surface area (Å²) in [7, 11) is 0. The molecule has 0 spiro atoms. The molecule has 0 bridgehead atoms. The lowest BCUT2D eigenvalue weighted by molar-refractivity contribution is 0.590. The van der Waals surface area contributed by atoms with Crippen LogP contribution in [-0.4, -0.2) is 9.55 Å². The molecule has 3 rings (SSSR count). The molecule has 0 aliphatic rings. The number of imidazole rings is 1. The maximum Gasteiger partial charge on any atom is 0.206 e. The van der Waals surface area contributed by atoms with Crippen molar-refractivity contribution >= 4 is 17.0 Å². The van der Waals surface area contributed by atoms with Gasteiger partial charge in [-0.3, -0.25) is 4.57 Å². The summed E-state index contributed by atoms with van der Waals surface area (Å²) < 4.78 is 41.5. The number of anilines is 1. The van der Waals surface area contributed by atoms with Crippen molar-refractivity contribution in [1.82, 2.24) is 9.55 Å². The number of hydrogen-bond acceptors (Lipinski definition) is 3. The summed E-state index contributed by atoms with van der Waals surface area (Å²) in [5.41, 5.74) is 5.84. The fourth-order valence-corrected chi connectivity index (χ4v) is 2.17. The van der Waals surface area contributed by atoms with Crippen molar-refractivity contribution in [2.24, 2.45) is 0 Å². The van der Waals surface area contributed by atoms with Crippen molar-refractivity contribution in [3.63, 3.8) is 0 Å². The van der Waals surface area contributed by atoms with E-state index < -0.39 is 17.5 Å². The van der Waals surface area contributed by atoms with Crippen LogP contribution >= 0.6 is 0 Å². The third-order valence-corrected chi connectivity index (χ3v) is 3.02. The van der Waals surface area contributed by atoms with E-state index in [1.54, 1.807) is 0 Å². The maximum atomic E-state index is 13.7. The third kappa shape index (κ3) is 1.97. The van der Waals surface area contributed by atoms with Crippen LogP contribution in [0, 0.1) is 28.8 Å². The largest absolute Gasteiger partial charge is 0.369 e. The van der Waals surface area contributed by atoms with E-state index in [-0.39, 0.29) is 28.2 Å². The van der Waals surface area contributed by atoms with Crippen molar-refractivity contribution < 1.29 is 13.2 Å². The Hall–Kier alpha value is -3.01. The summed E-state index contributed by atoms with van der Waals surface area (Å²) in [5.74, 6) is -2.40. The number of nitrogens with zero attached hydrogens (tertiary/aromatic N) is 3. The van der Waals surface area contributed by atoms with E-state index in [1.165, 1.54) is 10.6 Å². The quantitative estimate of drug-likeness (QED) is 0.748. The molecular weight excluding hydrogens is 281 g/mol. The molecule has 7 heteroatoms. The van der Waals surface area contributed by atoms with Crippen LogP contribution in [0.2, 0.25) is 0 Å². The average molecular weight is 288 g/mol. The van der Waals surface area contributed by atoms with E-state index in [4.69, 9.17) is 11.0 Å².